The molecular formula is C25H33N4O5PS. The Morgan fingerprint density at radius 3 is 2.42 bits per heavy atom. The van der Waals surface area contributed by atoms with Gasteiger partial charge < -0.3 is 14.5 Å². The lowest BCUT2D eigenvalue weighted by Gasteiger charge is -2.34. The molecule has 9 nitrogen and oxygen atoms in total. The smallest absolute Gasteiger partial charge is 0.410 e. The number of aromatic nitrogens is 1. The van der Waals surface area contributed by atoms with Gasteiger partial charge in [-0.1, -0.05) is 37.3 Å². The molecule has 0 aliphatic carbocycles. The van der Waals surface area contributed by atoms with Gasteiger partial charge in [-0.25, -0.2) is 18.2 Å². The molecule has 1 amide bonds. The minimum atomic E-state index is -3.83. The number of hydrogen-bond donors (Lipinski definition) is 0. The molecule has 36 heavy (non-hydrogen) atoms. The van der Waals surface area contributed by atoms with Crippen molar-refractivity contribution >= 4 is 34.9 Å². The van der Waals surface area contributed by atoms with Crippen LogP contribution in [0.2, 0.25) is 0 Å². The first kappa shape index (κ1) is 26.5. The van der Waals surface area contributed by atoms with Gasteiger partial charge in [0.05, 0.1) is 13.3 Å². The Labute approximate surface area is 214 Å². The average Bonchev–Trinajstić information content (AvgIpc) is 3.14. The molecule has 2 aliphatic heterocycles. The maximum absolute atomic E-state index is 13.2. The summed E-state index contributed by atoms with van der Waals surface area (Å²) in [7, 11) is -4.77. The maximum atomic E-state index is 13.2. The number of rotatable bonds is 7. The largest absolute Gasteiger partial charge is 0.445 e. The van der Waals surface area contributed by atoms with Gasteiger partial charge in [-0.3, -0.25) is 4.79 Å². The van der Waals surface area contributed by atoms with E-state index in [0.717, 1.165) is 18.5 Å². The molecule has 2 saturated heterocycles. The Hall–Kier alpha value is -2.55. The van der Waals surface area contributed by atoms with Crippen LogP contribution in [0.3, 0.4) is 0 Å². The molecule has 11 heteroatoms. The first-order chi connectivity index (χ1) is 17.1. The van der Waals surface area contributed by atoms with Crippen LogP contribution in [-0.4, -0.2) is 72.5 Å². The minimum Gasteiger partial charge on any atom is -0.445 e. The van der Waals surface area contributed by atoms with Crippen LogP contribution in [0.25, 0.3) is 0 Å². The fraction of sp³-hybridized carbons (Fsp3) is 0.480. The van der Waals surface area contributed by atoms with E-state index in [-0.39, 0.29) is 38.3 Å². The summed E-state index contributed by atoms with van der Waals surface area (Å²) in [4.78, 5) is 33.7. The van der Waals surface area contributed by atoms with Crippen LogP contribution < -0.4 is 4.90 Å². The zero-order valence-electron chi connectivity index (χ0n) is 20.9. The van der Waals surface area contributed by atoms with Crippen molar-refractivity contribution in [3.63, 3.8) is 0 Å². The zero-order chi connectivity index (χ0) is 25.9. The Morgan fingerprint density at radius 2 is 1.78 bits per heavy atom. The average molecular weight is 533 g/mol. The topological polar surface area (TPSA) is 100 Å². The summed E-state index contributed by atoms with van der Waals surface area (Å²) in [5.41, 5.74) is 0.604. The second-order valence-corrected chi connectivity index (χ2v) is 14.3. The highest BCUT2D eigenvalue weighted by atomic mass is 32.8. The Morgan fingerprint density at radius 1 is 1.08 bits per heavy atom. The zero-order valence-corrected chi connectivity index (χ0v) is 22.7. The molecule has 0 spiro atoms. The molecule has 0 radical (unpaired) electrons. The third-order valence-corrected chi connectivity index (χ3v) is 10.5. The van der Waals surface area contributed by atoms with Crippen molar-refractivity contribution < 1.29 is 22.7 Å². The van der Waals surface area contributed by atoms with Crippen molar-refractivity contribution in [2.24, 2.45) is 5.92 Å². The van der Waals surface area contributed by atoms with E-state index in [1.165, 1.54) is 9.21 Å². The lowest BCUT2D eigenvalue weighted by molar-refractivity contribution is 0.0840. The van der Waals surface area contributed by atoms with Crippen LogP contribution in [0.15, 0.2) is 48.7 Å². The Kier molecular flexibility index (Phi) is 7.97. The van der Waals surface area contributed by atoms with Crippen molar-refractivity contribution in [1.82, 2.24) is 14.2 Å². The predicted octanol–water partition coefficient (Wildman–Crippen LogP) is 3.72. The summed E-state index contributed by atoms with van der Waals surface area (Å²) in [5.74, 6) is 0.998. The van der Waals surface area contributed by atoms with Crippen LogP contribution in [0.5, 0.6) is 0 Å². The van der Waals surface area contributed by atoms with Crippen LogP contribution >= 0.6 is 7.78 Å². The molecule has 2 fully saturated rings. The van der Waals surface area contributed by atoms with Crippen molar-refractivity contribution in [3.05, 3.63) is 59.8 Å². The van der Waals surface area contributed by atoms with Gasteiger partial charge in [-0.15, -0.1) is 0 Å². The van der Waals surface area contributed by atoms with E-state index in [9.17, 15) is 18.0 Å². The number of piperazine rings is 1. The van der Waals surface area contributed by atoms with Gasteiger partial charge in [0.2, 0.25) is 15.2 Å². The molecule has 3 heterocycles. The number of anilines is 1. The monoisotopic (exact) mass is 532 g/mol. The highest BCUT2D eigenvalue weighted by molar-refractivity contribution is 8.47. The highest BCUT2D eigenvalue weighted by Gasteiger charge is 2.39. The van der Waals surface area contributed by atoms with Crippen LogP contribution in [0.1, 0.15) is 43.1 Å². The van der Waals surface area contributed by atoms with Gasteiger partial charge in [-0.2, -0.15) is 4.31 Å². The van der Waals surface area contributed by atoms with Crippen molar-refractivity contribution in [3.8, 4) is 0 Å². The second-order valence-electron chi connectivity index (χ2n) is 9.97. The van der Waals surface area contributed by atoms with Gasteiger partial charge in [0.1, 0.15) is 12.4 Å². The first-order valence-corrected chi connectivity index (χ1v) is 15.2. The van der Waals surface area contributed by atoms with Gasteiger partial charge in [0.25, 0.3) is 0 Å². The van der Waals surface area contributed by atoms with Crippen molar-refractivity contribution in [1.29, 1.82) is 0 Å². The predicted molar refractivity (Wildman–Crippen MR) is 141 cm³/mol. The third kappa shape index (κ3) is 6.05. The molecule has 194 valence electrons. The van der Waals surface area contributed by atoms with Crippen molar-refractivity contribution in [2.45, 2.75) is 39.3 Å². The number of amides is 1. The maximum Gasteiger partial charge on any atom is 0.410 e. The lowest BCUT2D eigenvalue weighted by atomic mass is 9.97. The van der Waals surface area contributed by atoms with Crippen LogP contribution in [0.4, 0.5) is 10.6 Å². The fourth-order valence-corrected chi connectivity index (χ4v) is 8.19. The molecule has 0 saturated carbocycles. The molecule has 1 aromatic carbocycles. The Bertz CT molecular complexity index is 1200. The van der Waals surface area contributed by atoms with Crippen LogP contribution in [-0.2, 0) is 21.0 Å². The molecule has 0 N–H and O–H groups in total. The number of benzene rings is 1. The van der Waals surface area contributed by atoms with E-state index in [4.69, 9.17) is 4.74 Å². The molecular weight excluding hydrogens is 499 g/mol. The van der Waals surface area contributed by atoms with E-state index in [0.29, 0.717) is 17.3 Å². The number of carbonyl (C=O) groups excluding carboxylic acids is 2. The molecule has 0 bridgehead atoms. The first-order valence-electron chi connectivity index (χ1n) is 12.1. The van der Waals surface area contributed by atoms with Crippen molar-refractivity contribution in [2.75, 3.05) is 37.6 Å². The summed E-state index contributed by atoms with van der Waals surface area (Å²) in [5, 5.41) is 0. The molecule has 1 aromatic heterocycles. The van der Waals surface area contributed by atoms with E-state index in [2.05, 4.69) is 30.7 Å². The number of nitrogens with zero attached hydrogens (tertiary/aromatic N) is 4. The van der Waals surface area contributed by atoms with Gasteiger partial charge in [-0.05, 0) is 43.9 Å². The van der Waals surface area contributed by atoms with Gasteiger partial charge >= 0.3 is 6.09 Å². The SMILES string of the molecule is C[C@@H]1CN(c2ncccc2C(=O)PS(=O)(=O)N2CCN(C(=O)OCc3ccccc3)CC2)C(C)(C)C1. The fourth-order valence-electron chi connectivity index (χ4n) is 4.91. The second kappa shape index (κ2) is 10.8. The normalized spacial score (nSPS) is 20.7. The molecule has 2 atom stereocenters. The highest BCUT2D eigenvalue weighted by Crippen LogP contribution is 2.39. The summed E-state index contributed by atoms with van der Waals surface area (Å²) in [6.45, 7) is 7.99. The molecule has 2 aromatic rings. The minimum absolute atomic E-state index is 0.125. The van der Waals surface area contributed by atoms with Gasteiger partial charge in [0, 0.05) is 44.5 Å². The standard InChI is InChI=1S/C25H33N4O5PS/c1-19-16-25(2,3)29(17-19)22-21(10-7-11-26-22)23(30)35-36(32,33)28-14-12-27(13-15-28)24(31)34-18-20-8-5-4-6-9-20/h4-11,19,35H,12-18H2,1-3H3/t19-/m0/s1. The summed E-state index contributed by atoms with van der Waals surface area (Å²) in [6, 6.07) is 12.7. The summed E-state index contributed by atoms with van der Waals surface area (Å²) < 4.78 is 32.9. The number of carbonyl (C=O) groups is 2. The van der Waals surface area contributed by atoms with E-state index < -0.39 is 29.0 Å². The molecule has 2 aliphatic rings. The third-order valence-electron chi connectivity index (χ3n) is 6.62. The van der Waals surface area contributed by atoms with E-state index >= 15 is 0 Å². The lowest BCUT2D eigenvalue weighted by Crippen LogP contribution is -2.49. The number of pyridine rings is 1. The van der Waals surface area contributed by atoms with Crippen LogP contribution in [0, 0.1) is 5.92 Å². The van der Waals surface area contributed by atoms with E-state index in [1.54, 1.807) is 18.3 Å². The molecule has 4 rings (SSSR count). The Balaban J connectivity index is 1.36. The van der Waals surface area contributed by atoms with E-state index in [1.807, 2.05) is 30.3 Å². The summed E-state index contributed by atoms with van der Waals surface area (Å²) in [6.07, 6.45) is 2.13. The van der Waals surface area contributed by atoms with Gasteiger partial charge in [0.15, 0.2) is 0 Å². The summed E-state index contributed by atoms with van der Waals surface area (Å²) >= 11 is 0. The quantitative estimate of drug-likeness (QED) is 0.501. The molecule has 1 unspecified atom stereocenters. The number of ether oxygens (including phenoxy) is 1. The number of hydrogen-bond acceptors (Lipinski definition) is 7.